The lowest BCUT2D eigenvalue weighted by Crippen LogP contribution is -2.48. The van der Waals surface area contributed by atoms with Crippen molar-refractivity contribution in [2.45, 2.75) is 133 Å². The molecule has 0 spiro atoms. The molecule has 11 aromatic rings. The van der Waals surface area contributed by atoms with Gasteiger partial charge >= 0.3 is 0 Å². The van der Waals surface area contributed by atoms with E-state index in [0.717, 1.165) is 68.2 Å². The summed E-state index contributed by atoms with van der Waals surface area (Å²) in [5, 5.41) is 12.0. The van der Waals surface area contributed by atoms with Gasteiger partial charge in [0.2, 0.25) is 35.6 Å². The summed E-state index contributed by atoms with van der Waals surface area (Å²) >= 11 is 0. The predicted octanol–water partition coefficient (Wildman–Crippen LogP) is 16.2. The topological polar surface area (TPSA) is 330 Å². The van der Waals surface area contributed by atoms with Crippen molar-refractivity contribution < 1.29 is 62.0 Å². The Bertz CT molecular complexity index is 5930. The second-order valence-corrected chi connectivity index (χ2v) is 35.2. The third-order valence-corrected chi connectivity index (χ3v) is 23.7. The predicted molar refractivity (Wildman–Crippen MR) is 534 cm³/mol. The number of morpholine rings is 3. The van der Waals surface area contributed by atoms with Crippen molar-refractivity contribution in [3.05, 3.63) is 245 Å². The maximum atomic E-state index is 14.9. The van der Waals surface area contributed by atoms with E-state index in [4.69, 9.17) is 19.2 Å². The van der Waals surface area contributed by atoms with Crippen molar-refractivity contribution in [2.24, 2.45) is 11.8 Å². The lowest BCUT2D eigenvalue weighted by atomic mass is 10.0. The molecule has 6 amide bonds. The molecule has 1 saturated carbocycles. The highest BCUT2D eigenvalue weighted by atomic mass is 19.1. The van der Waals surface area contributed by atoms with Crippen LogP contribution in [-0.2, 0) is 25.5 Å². The van der Waals surface area contributed by atoms with E-state index in [-0.39, 0.29) is 71.3 Å². The maximum absolute atomic E-state index is 14.9. The molecule has 9 heterocycles. The number of nitrogens with zero attached hydrogens (tertiary/aromatic N) is 17. The van der Waals surface area contributed by atoms with E-state index < -0.39 is 23.3 Å². The highest BCUT2D eigenvalue weighted by Gasteiger charge is 2.32. The average Bonchev–Trinajstić information content (AvgIpc) is 1.16. The van der Waals surface area contributed by atoms with Gasteiger partial charge in [-0.3, -0.25) is 28.8 Å². The molecule has 34 heteroatoms. The van der Waals surface area contributed by atoms with Gasteiger partial charge in [-0.15, -0.1) is 0 Å². The standard InChI is InChI=1S/C27H30FN5O2.C20H25FN4O2.C20H28N4O.C19H21FN4O2.C19H23FN4O2.H2/c1-19(2)33(18-21-9-5-4-6-10-21)26(35)23-17-29-27(32-15-13-31(14-16-32)20(3)34)30-25(23)22-11-7-8-12-24(22)28;1-14(2)13-24(3)19(26)16-12-22-20(25-8-10-27-11-9-25)23-18(16)15-6-4-5-7-17(15)21;1-4-6-11-21-19(25)17-14-23-20(22-12-7-5-2)24-18(17)16-10-8-9-15(3)13-16;20-16-4-2-1-3-14(16)17-15(18(25)21-11-13-5-6-13)12-22-19(23-17)24-7-9-26-10-8-24;1-3-13(2)22-18(25)15-12-21-19(24-8-10-26-11-9-24)23-17(15)14-6-4-5-7-16(14)20;/h4-12,17,19H,13-16,18H2,1-3H3;4-7,12,14H,8-11,13H2,1-3H3;8-10,13-14H,4-7,11-12H2,1-3H3,(H,21,25)(H,22,23,24);1-4,12-13H,5-11H2,(H,21,25);4-7,12-13H,3,8-11H2,1-2H3,(H,22,25);1H. The highest BCUT2D eigenvalue weighted by Crippen LogP contribution is 2.35. The summed E-state index contributed by atoms with van der Waals surface area (Å²) in [5.41, 5.74) is 7.77. The molecule has 4 aliphatic heterocycles. The Labute approximate surface area is 812 Å². The lowest BCUT2D eigenvalue weighted by Gasteiger charge is -2.34. The van der Waals surface area contributed by atoms with Gasteiger partial charge in [0.25, 0.3) is 29.5 Å². The summed E-state index contributed by atoms with van der Waals surface area (Å²) in [6.45, 7) is 32.7. The van der Waals surface area contributed by atoms with Crippen LogP contribution in [0.2, 0.25) is 0 Å². The number of halogens is 4. The molecule has 139 heavy (non-hydrogen) atoms. The molecule has 736 valence electrons. The number of ether oxygens (including phenoxy) is 3. The van der Waals surface area contributed by atoms with E-state index in [9.17, 15) is 46.3 Å². The molecule has 30 nitrogen and oxygen atoms in total. The molecular formula is C105H129F4N21O9. The Morgan fingerprint density at radius 1 is 0.453 bits per heavy atom. The van der Waals surface area contributed by atoms with Crippen molar-refractivity contribution in [3.8, 4) is 56.3 Å². The summed E-state index contributed by atoms with van der Waals surface area (Å²) < 4.78 is 74.2. The molecule has 0 radical (unpaired) electrons. The first-order valence-corrected chi connectivity index (χ1v) is 47.9. The summed E-state index contributed by atoms with van der Waals surface area (Å²) in [6.07, 6.45) is 14.9. The van der Waals surface area contributed by atoms with E-state index in [0.29, 0.717) is 229 Å². The zero-order valence-corrected chi connectivity index (χ0v) is 81.2. The maximum Gasteiger partial charge on any atom is 0.258 e. The minimum atomic E-state index is -0.452. The SMILES string of the molecule is CC(=O)N1CCN(c2ncc(C(=O)N(Cc3ccccc3)C(C)C)c(-c3ccccc3F)n2)CC1.CC(C)CN(C)C(=O)c1cnc(N2CCOCC2)nc1-c1ccccc1F.CCC(C)NC(=O)c1cnc(N2CCOCC2)nc1-c1ccccc1F.CCCCNC(=O)c1cnc(NCCCC)nc1-c1cccc(C)c1.O=C(NCC1CC1)c1cnc(N2CCOCC2)nc1-c1ccccc1F.[HH]. The number of hydrogen-bond donors (Lipinski definition) is 4. The number of carbonyl (C=O) groups excluding carboxylic acids is 6. The van der Waals surface area contributed by atoms with Gasteiger partial charge in [-0.25, -0.2) is 67.4 Å². The average molecular weight is 1910 g/mol. The third-order valence-electron chi connectivity index (χ3n) is 23.7. The smallest absolute Gasteiger partial charge is 0.258 e. The van der Waals surface area contributed by atoms with Crippen LogP contribution in [0.25, 0.3) is 56.3 Å². The van der Waals surface area contributed by atoms with Crippen LogP contribution in [0.15, 0.2) is 183 Å². The minimum Gasteiger partial charge on any atom is -0.378 e. The zero-order valence-electron chi connectivity index (χ0n) is 81.2. The van der Waals surface area contributed by atoms with Crippen molar-refractivity contribution in [1.29, 1.82) is 0 Å². The molecule has 1 atom stereocenters. The molecular weight excluding hydrogens is 1780 g/mol. The minimum absolute atomic E-state index is 0. The molecule has 5 aromatic heterocycles. The van der Waals surface area contributed by atoms with E-state index in [1.54, 1.807) is 108 Å². The molecule has 1 unspecified atom stereocenters. The fourth-order valence-electron chi connectivity index (χ4n) is 15.5. The van der Waals surface area contributed by atoms with Crippen LogP contribution in [0, 0.1) is 42.0 Å². The van der Waals surface area contributed by atoms with Gasteiger partial charge in [0, 0.05) is 184 Å². The van der Waals surface area contributed by atoms with E-state index in [2.05, 4.69) is 80.0 Å². The van der Waals surface area contributed by atoms with Crippen LogP contribution in [-0.4, -0.2) is 250 Å². The molecule has 6 aromatic carbocycles. The summed E-state index contributed by atoms with van der Waals surface area (Å²) in [7, 11) is 1.74. The number of piperazine rings is 1. The van der Waals surface area contributed by atoms with E-state index in [1.165, 1.54) is 49.1 Å². The monoisotopic (exact) mass is 1900 g/mol. The number of hydrogen-bond acceptors (Lipinski definition) is 24. The van der Waals surface area contributed by atoms with Crippen LogP contribution in [0.3, 0.4) is 0 Å². The Balaban J connectivity index is 0.000000168. The number of anilines is 5. The van der Waals surface area contributed by atoms with Gasteiger partial charge in [-0.2, -0.15) is 0 Å². The van der Waals surface area contributed by atoms with Crippen LogP contribution >= 0.6 is 0 Å². The quantitative estimate of drug-likeness (QED) is 0.0240. The molecule has 16 rings (SSSR count). The first kappa shape index (κ1) is 104. The number of rotatable bonds is 30. The molecule has 1 aliphatic carbocycles. The van der Waals surface area contributed by atoms with Gasteiger partial charge in [0.15, 0.2) is 0 Å². The summed E-state index contributed by atoms with van der Waals surface area (Å²) in [4.78, 5) is 134. The second-order valence-electron chi connectivity index (χ2n) is 35.2. The van der Waals surface area contributed by atoms with E-state index in [1.807, 2.05) is 123 Å². The highest BCUT2D eigenvalue weighted by molar-refractivity contribution is 6.03. The number of aryl methyl sites for hydroxylation is 1. The van der Waals surface area contributed by atoms with Crippen LogP contribution < -0.4 is 40.9 Å². The fourth-order valence-corrected chi connectivity index (χ4v) is 15.5. The Hall–Kier alpha value is -13.9. The van der Waals surface area contributed by atoms with Gasteiger partial charge in [0.05, 0.1) is 95.9 Å². The Kier molecular flexibility index (Phi) is 39.0. The molecule has 4 N–H and O–H groups in total. The molecule has 0 bridgehead atoms. The van der Waals surface area contributed by atoms with Gasteiger partial charge in [-0.1, -0.05) is 150 Å². The zero-order chi connectivity index (χ0) is 98.9. The van der Waals surface area contributed by atoms with E-state index >= 15 is 0 Å². The Morgan fingerprint density at radius 2 is 0.856 bits per heavy atom. The van der Waals surface area contributed by atoms with Crippen molar-refractivity contribution in [1.82, 2.24) is 80.5 Å². The van der Waals surface area contributed by atoms with Crippen LogP contribution in [0.4, 0.5) is 47.3 Å². The van der Waals surface area contributed by atoms with Crippen LogP contribution in [0.1, 0.15) is 172 Å². The number of aromatic nitrogens is 10. The number of unbranched alkanes of at least 4 members (excludes halogenated alkanes) is 2. The molecule has 5 aliphatic rings. The second kappa shape index (κ2) is 52.1. The normalized spacial score (nSPS) is 14.3. The first-order valence-electron chi connectivity index (χ1n) is 47.9. The van der Waals surface area contributed by atoms with Gasteiger partial charge < -0.3 is 69.8 Å². The molecule has 5 fully saturated rings. The molecule has 4 saturated heterocycles. The van der Waals surface area contributed by atoms with Gasteiger partial charge in [0.1, 0.15) is 23.3 Å². The Morgan fingerprint density at radius 3 is 1.28 bits per heavy atom. The van der Waals surface area contributed by atoms with Crippen molar-refractivity contribution in [2.75, 3.05) is 163 Å². The number of nitrogens with one attached hydrogen (secondary N) is 4. The summed E-state index contributed by atoms with van der Waals surface area (Å²) in [6, 6.07) is 43.1. The fraction of sp³-hybridized carbons (Fsp3) is 0.410. The van der Waals surface area contributed by atoms with Crippen LogP contribution in [0.5, 0.6) is 0 Å². The number of amides is 6. The van der Waals surface area contributed by atoms with Crippen molar-refractivity contribution >= 4 is 65.2 Å². The first-order chi connectivity index (χ1) is 67.3. The van der Waals surface area contributed by atoms with Gasteiger partial charge in [-0.05, 0) is 132 Å². The lowest BCUT2D eigenvalue weighted by molar-refractivity contribution is -0.129. The third kappa shape index (κ3) is 29.4. The number of carbonyl (C=O) groups is 6. The number of benzene rings is 6. The summed E-state index contributed by atoms with van der Waals surface area (Å²) in [5.74, 6) is 0.516. The largest absolute Gasteiger partial charge is 0.378 e. The van der Waals surface area contributed by atoms with Crippen molar-refractivity contribution in [3.63, 3.8) is 0 Å².